The maximum Gasteiger partial charge on any atom is 0.490 e. The molecular formula is C27H27ClF3N5O3. The number of amides is 1. The van der Waals surface area contributed by atoms with Crippen LogP contribution in [0.3, 0.4) is 0 Å². The fourth-order valence-corrected chi connectivity index (χ4v) is 4.29. The minimum atomic E-state index is -5.08. The van der Waals surface area contributed by atoms with Gasteiger partial charge >= 0.3 is 12.1 Å². The number of carbonyl (C=O) groups excluding carboxylic acids is 1. The highest BCUT2D eigenvalue weighted by atomic mass is 35.5. The molecular weight excluding hydrogens is 535 g/mol. The number of rotatable bonds is 4. The summed E-state index contributed by atoms with van der Waals surface area (Å²) in [6.07, 6.45) is -4.36. The third kappa shape index (κ3) is 7.37. The van der Waals surface area contributed by atoms with Crippen LogP contribution in [0.15, 0.2) is 42.5 Å². The topological polar surface area (TPSA) is 102 Å². The lowest BCUT2D eigenvalue weighted by molar-refractivity contribution is -0.192. The summed E-state index contributed by atoms with van der Waals surface area (Å²) in [6.45, 7) is 7.40. The van der Waals surface area contributed by atoms with Crippen molar-refractivity contribution in [3.8, 4) is 11.8 Å². The molecule has 39 heavy (non-hydrogen) atoms. The van der Waals surface area contributed by atoms with E-state index in [9.17, 15) is 18.0 Å². The van der Waals surface area contributed by atoms with Crippen LogP contribution in [0.5, 0.6) is 0 Å². The van der Waals surface area contributed by atoms with Crippen molar-refractivity contribution in [1.82, 2.24) is 19.6 Å². The minimum absolute atomic E-state index is 0.0996. The van der Waals surface area contributed by atoms with Gasteiger partial charge in [-0.25, -0.2) is 9.48 Å². The van der Waals surface area contributed by atoms with Crippen LogP contribution < -0.4 is 0 Å². The number of aromatic nitrogens is 2. The van der Waals surface area contributed by atoms with Gasteiger partial charge in [0.15, 0.2) is 0 Å². The van der Waals surface area contributed by atoms with Crippen molar-refractivity contribution in [2.75, 3.05) is 33.2 Å². The molecule has 0 unspecified atom stereocenters. The smallest absolute Gasteiger partial charge is 0.475 e. The van der Waals surface area contributed by atoms with Crippen LogP contribution in [-0.2, 0) is 11.2 Å². The predicted molar refractivity (Wildman–Crippen MR) is 139 cm³/mol. The average molecular weight is 562 g/mol. The van der Waals surface area contributed by atoms with Crippen LogP contribution in [0, 0.1) is 25.2 Å². The molecule has 0 aliphatic carbocycles. The number of likely N-dealkylation sites (N-methyl/N-ethyl adjacent to an activating group) is 1. The van der Waals surface area contributed by atoms with Gasteiger partial charge in [-0.1, -0.05) is 23.7 Å². The zero-order chi connectivity index (χ0) is 28.9. The summed E-state index contributed by atoms with van der Waals surface area (Å²) in [4.78, 5) is 25.8. The second kappa shape index (κ2) is 12.3. The van der Waals surface area contributed by atoms with Crippen LogP contribution in [0.1, 0.15) is 38.4 Å². The Morgan fingerprint density at radius 3 is 2.18 bits per heavy atom. The van der Waals surface area contributed by atoms with Gasteiger partial charge < -0.3 is 14.9 Å². The molecule has 0 bridgehead atoms. The molecule has 1 aliphatic rings. The largest absolute Gasteiger partial charge is 0.490 e. The molecule has 8 nitrogen and oxygen atoms in total. The Labute approximate surface area is 228 Å². The number of piperazine rings is 1. The van der Waals surface area contributed by atoms with Crippen LogP contribution in [0.2, 0.25) is 5.02 Å². The van der Waals surface area contributed by atoms with E-state index in [4.69, 9.17) is 31.9 Å². The first-order chi connectivity index (χ1) is 18.3. The Morgan fingerprint density at radius 1 is 1.08 bits per heavy atom. The molecule has 2 aromatic carbocycles. The van der Waals surface area contributed by atoms with Gasteiger partial charge in [-0.3, -0.25) is 4.79 Å². The summed E-state index contributed by atoms with van der Waals surface area (Å²) < 4.78 is 33.6. The third-order valence-corrected chi connectivity index (χ3v) is 6.69. The Bertz CT molecular complexity index is 1390. The van der Waals surface area contributed by atoms with Gasteiger partial charge in [0.25, 0.3) is 5.91 Å². The number of halogens is 4. The summed E-state index contributed by atoms with van der Waals surface area (Å²) in [6, 6.07) is 15.3. The van der Waals surface area contributed by atoms with Gasteiger partial charge in [0, 0.05) is 49.4 Å². The molecule has 0 spiro atoms. The van der Waals surface area contributed by atoms with E-state index in [1.54, 1.807) is 12.1 Å². The van der Waals surface area contributed by atoms with Crippen LogP contribution in [0.4, 0.5) is 13.2 Å². The first-order valence-corrected chi connectivity index (χ1v) is 12.3. The molecule has 0 radical (unpaired) electrons. The summed E-state index contributed by atoms with van der Waals surface area (Å²) in [7, 11) is 2.08. The molecule has 2 heterocycles. The molecule has 1 amide bonds. The monoisotopic (exact) mass is 561 g/mol. The molecule has 3 aromatic rings. The first kappa shape index (κ1) is 29.7. The number of carboxylic acids is 1. The van der Waals surface area contributed by atoms with Crippen LogP contribution in [-0.4, -0.2) is 76.0 Å². The normalized spacial score (nSPS) is 13.8. The molecule has 1 aliphatic heterocycles. The van der Waals surface area contributed by atoms with E-state index in [0.717, 1.165) is 66.4 Å². The molecule has 1 fully saturated rings. The van der Waals surface area contributed by atoms with E-state index in [2.05, 4.69) is 18.0 Å². The van der Waals surface area contributed by atoms with Gasteiger partial charge in [0.2, 0.25) is 0 Å². The lowest BCUT2D eigenvalue weighted by Crippen LogP contribution is -2.47. The highest BCUT2D eigenvalue weighted by Gasteiger charge is 2.38. The van der Waals surface area contributed by atoms with Crippen molar-refractivity contribution in [3.63, 3.8) is 0 Å². The second-order valence-corrected chi connectivity index (χ2v) is 9.52. The van der Waals surface area contributed by atoms with Gasteiger partial charge in [-0.15, -0.1) is 0 Å². The summed E-state index contributed by atoms with van der Waals surface area (Å²) in [5.74, 6) is -2.66. The maximum absolute atomic E-state index is 12.8. The van der Waals surface area contributed by atoms with Gasteiger partial charge in [-0.2, -0.15) is 23.5 Å². The summed E-state index contributed by atoms with van der Waals surface area (Å²) in [5, 5.41) is 21.3. The van der Waals surface area contributed by atoms with Crippen molar-refractivity contribution in [2.24, 2.45) is 0 Å². The third-order valence-electron chi connectivity index (χ3n) is 6.37. The lowest BCUT2D eigenvalue weighted by Gasteiger charge is -2.32. The first-order valence-electron chi connectivity index (χ1n) is 11.9. The van der Waals surface area contributed by atoms with E-state index >= 15 is 0 Å². The van der Waals surface area contributed by atoms with Gasteiger partial charge in [-0.05, 0) is 56.8 Å². The number of aliphatic carboxylic acids is 1. The van der Waals surface area contributed by atoms with Crippen molar-refractivity contribution in [1.29, 1.82) is 5.26 Å². The Hall–Kier alpha value is -3.88. The van der Waals surface area contributed by atoms with Crippen molar-refractivity contribution in [3.05, 3.63) is 81.1 Å². The standard InChI is InChI=1S/C25H26ClN5O.C2HF3O2/c1-17-23(18(2)31(28-17)22-9-8-21(16-27)24(26)15-22)14-19-4-6-20(7-5-19)25(32)30-12-10-29(3)11-13-30;3-2(4,5)1(6)7/h4-9,15H,10-14H2,1-3H3;(H,6,7). The number of hydrogen-bond acceptors (Lipinski definition) is 5. The molecule has 1 aromatic heterocycles. The van der Waals surface area contributed by atoms with Gasteiger partial charge in [0.05, 0.1) is 22.0 Å². The van der Waals surface area contributed by atoms with Gasteiger partial charge in [0.1, 0.15) is 6.07 Å². The number of aryl methyl sites for hydroxylation is 1. The van der Waals surface area contributed by atoms with Crippen LogP contribution >= 0.6 is 11.6 Å². The highest BCUT2D eigenvalue weighted by molar-refractivity contribution is 6.31. The van der Waals surface area contributed by atoms with Crippen LogP contribution in [0.25, 0.3) is 5.69 Å². The highest BCUT2D eigenvalue weighted by Crippen LogP contribution is 2.25. The number of alkyl halides is 3. The Kier molecular flexibility index (Phi) is 9.37. The zero-order valence-electron chi connectivity index (χ0n) is 21.6. The van der Waals surface area contributed by atoms with E-state index in [1.807, 2.05) is 53.8 Å². The van der Waals surface area contributed by atoms with E-state index < -0.39 is 12.1 Å². The SMILES string of the molecule is Cc1nn(-c2ccc(C#N)c(Cl)c2)c(C)c1Cc1ccc(C(=O)N2CCN(C)CC2)cc1.O=C(O)C(F)(F)F. The summed E-state index contributed by atoms with van der Waals surface area (Å²) >= 11 is 6.21. The van der Waals surface area contributed by atoms with Crippen molar-refractivity contribution < 1.29 is 27.9 Å². The quantitative estimate of drug-likeness (QED) is 0.498. The number of hydrogen-bond donors (Lipinski definition) is 1. The minimum Gasteiger partial charge on any atom is -0.475 e. The predicted octanol–water partition coefficient (Wildman–Crippen LogP) is 4.63. The molecule has 4 rings (SSSR count). The van der Waals surface area contributed by atoms with E-state index in [0.29, 0.717) is 10.6 Å². The Balaban J connectivity index is 0.000000532. The number of carboxylic acid groups (broad SMARTS) is 1. The van der Waals surface area contributed by atoms with E-state index in [1.165, 1.54) is 0 Å². The lowest BCUT2D eigenvalue weighted by atomic mass is 10.0. The Morgan fingerprint density at radius 2 is 1.67 bits per heavy atom. The number of carbonyl (C=O) groups is 2. The molecule has 0 saturated carbocycles. The molecule has 0 atom stereocenters. The number of nitriles is 1. The van der Waals surface area contributed by atoms with Crippen molar-refractivity contribution in [2.45, 2.75) is 26.4 Å². The zero-order valence-corrected chi connectivity index (χ0v) is 22.3. The summed E-state index contributed by atoms with van der Waals surface area (Å²) in [5.41, 5.74) is 6.25. The number of benzene rings is 2. The second-order valence-electron chi connectivity index (χ2n) is 9.11. The maximum atomic E-state index is 12.8. The fraction of sp³-hybridized carbons (Fsp3) is 0.333. The molecule has 206 valence electrons. The average Bonchev–Trinajstić information content (AvgIpc) is 3.17. The fourth-order valence-electron chi connectivity index (χ4n) is 4.07. The molecule has 1 saturated heterocycles. The van der Waals surface area contributed by atoms with Crippen molar-refractivity contribution >= 4 is 23.5 Å². The number of nitrogens with zero attached hydrogens (tertiary/aromatic N) is 5. The van der Waals surface area contributed by atoms with E-state index in [-0.39, 0.29) is 5.91 Å². The molecule has 12 heteroatoms. The molecule has 1 N–H and O–H groups in total.